The molecule has 0 aliphatic carbocycles. The van der Waals surface area contributed by atoms with Crippen molar-refractivity contribution >= 4 is 29.0 Å². The second kappa shape index (κ2) is 26.1. The van der Waals surface area contributed by atoms with Crippen LogP contribution in [0.5, 0.6) is 0 Å². The van der Waals surface area contributed by atoms with Gasteiger partial charge in [0.2, 0.25) is 0 Å². The third kappa shape index (κ3) is 24.8. The predicted octanol–water partition coefficient (Wildman–Crippen LogP) is 16.0. The molecule has 68 heavy (non-hydrogen) atoms. The molecule has 0 atom stereocenters. The number of hydrogen-bond donors (Lipinski definition) is 0. The standard InChI is InChI=1S/2C22H16NO.4BF4/c2*1-3-7-18(8-4-1)21-15-20(17-11-13-23-14-12-17)16-22(24-21)19-9-5-2-6-10-19;4*2-1(3,4)5/h2*1-16H;;;;/q2*+1;4*-1/p+2. The summed E-state index contributed by atoms with van der Waals surface area (Å²) in [6.07, 6.45) is 7.74. The van der Waals surface area contributed by atoms with Crippen molar-refractivity contribution in [3.63, 3.8) is 0 Å². The average Bonchev–Trinajstić information content (AvgIpc) is 3.28. The van der Waals surface area contributed by atoms with Crippen molar-refractivity contribution in [3.8, 4) is 67.5 Å². The van der Waals surface area contributed by atoms with Gasteiger partial charge in [-0.1, -0.05) is 72.8 Å². The molecule has 8 rings (SSSR count). The maximum absolute atomic E-state index is 9.75. The molecule has 8 aromatic rings. The Morgan fingerprint density at radius 3 is 0.588 bits per heavy atom. The molecule has 0 radical (unpaired) electrons. The van der Waals surface area contributed by atoms with Crippen LogP contribution >= 0.6 is 0 Å². The number of nitrogens with one attached hydrogen (secondary N) is 2. The molecule has 0 aliphatic rings. The SMILES string of the molecule is F[B-](F)(F)F.F[B-](F)(F)F.F[B-](F)(F)F.F[B-](F)(F)F.c1ccc(-c2cc(-c3cc[nH+]cc3)cc(-c3ccccc3)[o+]2)cc1.c1ccc(-c2cc(-c3cc[nH+]cc3)cc(-c3ccccc3)[o+]2)cc1. The van der Waals surface area contributed by atoms with Crippen molar-refractivity contribution in [1.29, 1.82) is 0 Å². The molecule has 4 aromatic carbocycles. The molecule has 0 fully saturated rings. The molecule has 4 nitrogen and oxygen atoms in total. The zero-order chi connectivity index (χ0) is 50.4. The van der Waals surface area contributed by atoms with E-state index in [4.69, 9.17) is 8.83 Å². The molecule has 0 saturated heterocycles. The van der Waals surface area contributed by atoms with E-state index in [1.807, 2.05) is 97.6 Å². The van der Waals surface area contributed by atoms with Crippen LogP contribution in [0.25, 0.3) is 67.5 Å². The largest absolute Gasteiger partial charge is 0.673 e. The highest BCUT2D eigenvalue weighted by atomic mass is 19.5. The van der Waals surface area contributed by atoms with E-state index in [9.17, 15) is 69.1 Å². The topological polar surface area (TPSA) is 50.9 Å². The van der Waals surface area contributed by atoms with Crippen molar-refractivity contribution in [2.45, 2.75) is 0 Å². The Labute approximate surface area is 378 Å². The monoisotopic (exact) mass is 970 g/mol. The first-order valence-corrected chi connectivity index (χ1v) is 19.4. The van der Waals surface area contributed by atoms with E-state index < -0.39 is 29.0 Å². The highest BCUT2D eigenvalue weighted by molar-refractivity contribution is 6.51. The molecule has 356 valence electrons. The fourth-order valence-corrected chi connectivity index (χ4v) is 5.47. The smallest absolute Gasteiger partial charge is 0.418 e. The third-order valence-electron chi connectivity index (χ3n) is 7.92. The van der Waals surface area contributed by atoms with Gasteiger partial charge in [-0.2, -0.15) is 0 Å². The van der Waals surface area contributed by atoms with E-state index in [1.165, 1.54) is 0 Å². The summed E-state index contributed by atoms with van der Waals surface area (Å²) in [6.45, 7) is 0. The van der Waals surface area contributed by atoms with E-state index >= 15 is 0 Å². The van der Waals surface area contributed by atoms with Gasteiger partial charge in [0, 0.05) is 35.4 Å². The number of H-pyrrole nitrogens is 2. The van der Waals surface area contributed by atoms with Gasteiger partial charge in [0.1, 0.15) is 0 Å². The van der Waals surface area contributed by atoms with Gasteiger partial charge in [-0.15, -0.1) is 0 Å². The van der Waals surface area contributed by atoms with Crippen molar-refractivity contribution < 1.29 is 87.9 Å². The first-order valence-electron chi connectivity index (χ1n) is 19.4. The zero-order valence-corrected chi connectivity index (χ0v) is 34.6. The average molecular weight is 970 g/mol. The Balaban J connectivity index is 0.000000259. The lowest BCUT2D eigenvalue weighted by Gasteiger charge is -2.00. The molecule has 0 bridgehead atoms. The maximum Gasteiger partial charge on any atom is 0.673 e. The lowest BCUT2D eigenvalue weighted by atomic mass is 10.0. The first kappa shape index (κ1) is 55.0. The molecular weight excluding hydrogens is 936 g/mol. The van der Waals surface area contributed by atoms with Crippen molar-refractivity contribution in [1.82, 2.24) is 0 Å². The molecule has 0 unspecified atom stereocenters. The fraction of sp³-hybridized carbons (Fsp3) is 0. The number of hydrogen-bond acceptors (Lipinski definition) is 0. The van der Waals surface area contributed by atoms with Crippen LogP contribution in [0.1, 0.15) is 0 Å². The van der Waals surface area contributed by atoms with Gasteiger partial charge < -0.3 is 69.1 Å². The molecule has 0 amide bonds. The zero-order valence-electron chi connectivity index (χ0n) is 34.6. The quantitative estimate of drug-likeness (QED) is 0.0947. The summed E-state index contributed by atoms with van der Waals surface area (Å²) in [5.74, 6) is 3.44. The molecule has 24 heteroatoms. The van der Waals surface area contributed by atoms with Gasteiger partial charge in [0.15, 0.2) is 24.8 Å². The number of rotatable bonds is 6. The number of aromatic nitrogens is 2. The molecule has 0 spiro atoms. The second-order valence-corrected chi connectivity index (χ2v) is 13.2. The number of halogens is 16. The Morgan fingerprint density at radius 2 is 0.412 bits per heavy atom. The van der Waals surface area contributed by atoms with Crippen molar-refractivity contribution in [2.24, 2.45) is 0 Å². The first-order chi connectivity index (χ1) is 31.8. The van der Waals surface area contributed by atoms with E-state index in [-0.39, 0.29) is 0 Å². The molecule has 0 aliphatic heterocycles. The second-order valence-electron chi connectivity index (χ2n) is 13.2. The predicted molar refractivity (Wildman–Crippen MR) is 233 cm³/mol. The summed E-state index contributed by atoms with van der Waals surface area (Å²) in [5, 5.41) is 0. The minimum atomic E-state index is -6.00. The lowest BCUT2D eigenvalue weighted by Crippen LogP contribution is -2.02. The van der Waals surface area contributed by atoms with Crippen LogP contribution in [0, 0.1) is 0 Å². The Hall–Kier alpha value is -7.38. The van der Waals surface area contributed by atoms with Gasteiger partial charge in [-0.3, -0.25) is 0 Å². The molecule has 4 aromatic heterocycles. The Bertz CT molecular complexity index is 2140. The van der Waals surface area contributed by atoms with Gasteiger partial charge in [-0.25, -0.2) is 18.8 Å². The summed E-state index contributed by atoms with van der Waals surface area (Å²) >= 11 is 0. The van der Waals surface area contributed by atoms with E-state index in [2.05, 4.69) is 107 Å². The van der Waals surface area contributed by atoms with Crippen LogP contribution in [-0.4, -0.2) is 29.0 Å². The number of pyridine rings is 2. The summed E-state index contributed by atoms with van der Waals surface area (Å²) in [5.41, 5.74) is 8.84. The van der Waals surface area contributed by atoms with Gasteiger partial charge in [0.05, 0.1) is 46.5 Å². The van der Waals surface area contributed by atoms with Gasteiger partial charge in [0.25, 0.3) is 0 Å². The highest BCUT2D eigenvalue weighted by Gasteiger charge is 2.24. The van der Waals surface area contributed by atoms with E-state index in [0.29, 0.717) is 0 Å². The van der Waals surface area contributed by atoms with Crippen molar-refractivity contribution in [3.05, 3.63) is 195 Å². The third-order valence-corrected chi connectivity index (χ3v) is 7.92. The molecule has 4 heterocycles. The minimum Gasteiger partial charge on any atom is -0.418 e. The van der Waals surface area contributed by atoms with Crippen LogP contribution in [0.4, 0.5) is 69.1 Å². The van der Waals surface area contributed by atoms with Crippen molar-refractivity contribution in [2.75, 3.05) is 0 Å². The number of benzene rings is 4. The normalized spacial score (nSPS) is 10.9. The molecule has 2 N–H and O–H groups in total. The van der Waals surface area contributed by atoms with Crippen LogP contribution in [0.15, 0.2) is 203 Å². The van der Waals surface area contributed by atoms with E-state index in [1.54, 1.807) is 0 Å². The van der Waals surface area contributed by atoms with E-state index in [0.717, 1.165) is 67.5 Å². The van der Waals surface area contributed by atoms with Gasteiger partial charge >= 0.3 is 52.1 Å². The van der Waals surface area contributed by atoms with Crippen LogP contribution in [-0.2, 0) is 0 Å². The molecular formula is C44H34B4F16N2O2. The fourth-order valence-electron chi connectivity index (χ4n) is 5.47. The summed E-state index contributed by atoms with van der Waals surface area (Å²) in [6, 6.07) is 57.4. The molecule has 0 saturated carbocycles. The minimum absolute atomic E-state index is 0.861. The number of aromatic amines is 2. The highest BCUT2D eigenvalue weighted by Crippen LogP contribution is 2.34. The summed E-state index contributed by atoms with van der Waals surface area (Å²) in [7, 11) is -24.0. The Morgan fingerprint density at radius 1 is 0.235 bits per heavy atom. The van der Waals surface area contributed by atoms with Gasteiger partial charge in [-0.05, 0) is 59.7 Å². The summed E-state index contributed by atoms with van der Waals surface area (Å²) in [4.78, 5) is 6.14. The van der Waals surface area contributed by atoms with Crippen LogP contribution in [0.2, 0.25) is 0 Å². The summed E-state index contributed by atoms with van der Waals surface area (Å²) < 4.78 is 168. The maximum atomic E-state index is 9.75. The van der Waals surface area contributed by atoms with Crippen LogP contribution in [0.3, 0.4) is 0 Å². The Kier molecular flexibility index (Phi) is 21.1. The lowest BCUT2D eigenvalue weighted by molar-refractivity contribution is -0.378. The van der Waals surface area contributed by atoms with Crippen LogP contribution < -0.4 is 9.97 Å².